The molecule has 21 heavy (non-hydrogen) atoms. The van der Waals surface area contributed by atoms with Crippen LogP contribution < -0.4 is 14.4 Å². The number of thioether (sulfide) groups is 1. The van der Waals surface area contributed by atoms with E-state index in [-0.39, 0.29) is 11.8 Å². The van der Waals surface area contributed by atoms with Crippen molar-refractivity contribution in [3.8, 4) is 11.5 Å². The lowest BCUT2D eigenvalue weighted by Crippen LogP contribution is -2.33. The number of rotatable bonds is 5. The van der Waals surface area contributed by atoms with Crippen molar-refractivity contribution in [2.24, 2.45) is 0 Å². The highest BCUT2D eigenvalue weighted by molar-refractivity contribution is 8.02. The summed E-state index contributed by atoms with van der Waals surface area (Å²) < 4.78 is 11.1. The molecule has 1 aromatic carbocycles. The molecule has 0 fully saturated rings. The van der Waals surface area contributed by atoms with Gasteiger partial charge in [0.05, 0.1) is 6.54 Å². The predicted octanol–water partition coefficient (Wildman–Crippen LogP) is 3.30. The van der Waals surface area contributed by atoms with Crippen molar-refractivity contribution in [3.63, 3.8) is 0 Å². The zero-order valence-electron chi connectivity index (χ0n) is 12.1. The minimum atomic E-state index is -0.137. The van der Waals surface area contributed by atoms with Gasteiger partial charge in [0.2, 0.25) is 5.91 Å². The number of alkyl halides is 1. The molecular formula is C15H18ClNO3S. The average Bonchev–Trinajstić information content (AvgIpc) is 2.55. The maximum Gasteiger partial charge on any atom is 0.242 e. The van der Waals surface area contributed by atoms with Gasteiger partial charge < -0.3 is 14.4 Å². The van der Waals surface area contributed by atoms with E-state index in [1.54, 1.807) is 16.7 Å². The third-order valence-electron chi connectivity index (χ3n) is 3.15. The fourth-order valence-corrected chi connectivity index (χ4v) is 2.66. The van der Waals surface area contributed by atoms with Gasteiger partial charge in [0, 0.05) is 16.7 Å². The first-order valence-electron chi connectivity index (χ1n) is 6.64. The van der Waals surface area contributed by atoms with Crippen molar-refractivity contribution in [3.05, 3.63) is 29.2 Å². The molecule has 6 heteroatoms. The molecule has 1 aliphatic rings. The minimum Gasteiger partial charge on any atom is -0.486 e. The number of halogens is 1. The Kier molecular flexibility index (Phi) is 5.82. The summed E-state index contributed by atoms with van der Waals surface area (Å²) in [7, 11) is 0. The summed E-state index contributed by atoms with van der Waals surface area (Å²) in [6, 6.07) is 5.50. The highest BCUT2D eigenvalue weighted by atomic mass is 35.5. The standard InChI is InChI=1S/C15H18ClNO3S/c1-3-12(21-2)10-17(15(18)9-16)11-4-5-13-14(8-11)20-7-6-19-13/h3-5,8H,6-7,9-10H2,1-2H3/b12-3-. The SMILES string of the molecule is C/C=C(/CN(C(=O)CCl)c1ccc2c(c1)OCCO2)SC. The molecule has 2 rings (SSSR count). The minimum absolute atomic E-state index is 0.0557. The summed E-state index contributed by atoms with van der Waals surface area (Å²) in [6.45, 7) is 3.53. The summed E-state index contributed by atoms with van der Waals surface area (Å²) in [5.41, 5.74) is 0.762. The quantitative estimate of drug-likeness (QED) is 0.778. The third kappa shape index (κ3) is 3.86. The molecule has 1 aromatic rings. The van der Waals surface area contributed by atoms with E-state index in [0.29, 0.717) is 31.3 Å². The van der Waals surface area contributed by atoms with Crippen LogP contribution in [0.2, 0.25) is 0 Å². The van der Waals surface area contributed by atoms with Gasteiger partial charge in [0.25, 0.3) is 0 Å². The van der Waals surface area contributed by atoms with E-state index in [1.165, 1.54) is 0 Å². The second kappa shape index (κ2) is 7.61. The highest BCUT2D eigenvalue weighted by Gasteiger charge is 2.19. The van der Waals surface area contributed by atoms with Gasteiger partial charge in [-0.25, -0.2) is 0 Å². The van der Waals surface area contributed by atoms with Crippen LogP contribution in [-0.2, 0) is 4.79 Å². The predicted molar refractivity (Wildman–Crippen MR) is 87.8 cm³/mol. The summed E-state index contributed by atoms with van der Waals surface area (Å²) >= 11 is 7.35. The maximum atomic E-state index is 12.1. The van der Waals surface area contributed by atoms with Gasteiger partial charge in [-0.2, -0.15) is 0 Å². The maximum absolute atomic E-state index is 12.1. The molecule has 1 heterocycles. The van der Waals surface area contributed by atoms with Crippen molar-refractivity contribution in [1.29, 1.82) is 0 Å². The molecule has 114 valence electrons. The molecule has 0 radical (unpaired) electrons. The second-order valence-electron chi connectivity index (χ2n) is 4.40. The van der Waals surface area contributed by atoms with Crippen molar-refractivity contribution in [1.82, 2.24) is 0 Å². The van der Waals surface area contributed by atoms with Crippen molar-refractivity contribution >= 4 is 35.0 Å². The summed E-state index contributed by atoms with van der Waals surface area (Å²) in [4.78, 5) is 14.9. The molecule has 1 amide bonds. The Bertz CT molecular complexity index is 548. The van der Waals surface area contributed by atoms with Crippen LogP contribution in [0.3, 0.4) is 0 Å². The number of hydrogen-bond acceptors (Lipinski definition) is 4. The molecule has 0 atom stereocenters. The van der Waals surface area contributed by atoms with E-state index in [0.717, 1.165) is 10.6 Å². The van der Waals surface area contributed by atoms with Gasteiger partial charge in [-0.05, 0) is 25.3 Å². The van der Waals surface area contributed by atoms with Crippen LogP contribution in [-0.4, -0.2) is 37.8 Å². The van der Waals surface area contributed by atoms with Gasteiger partial charge in [0.15, 0.2) is 11.5 Å². The molecule has 0 saturated heterocycles. The van der Waals surface area contributed by atoms with Gasteiger partial charge in [-0.15, -0.1) is 23.4 Å². The van der Waals surface area contributed by atoms with E-state index < -0.39 is 0 Å². The Morgan fingerprint density at radius 1 is 1.38 bits per heavy atom. The molecule has 0 unspecified atom stereocenters. The van der Waals surface area contributed by atoms with E-state index in [2.05, 4.69) is 0 Å². The highest BCUT2D eigenvalue weighted by Crippen LogP contribution is 2.34. The van der Waals surface area contributed by atoms with Crippen molar-refractivity contribution in [2.45, 2.75) is 6.92 Å². The van der Waals surface area contributed by atoms with Crippen LogP contribution in [0.5, 0.6) is 11.5 Å². The zero-order valence-corrected chi connectivity index (χ0v) is 13.7. The number of carbonyl (C=O) groups excluding carboxylic acids is 1. The number of hydrogen-bond donors (Lipinski definition) is 0. The van der Waals surface area contributed by atoms with E-state index in [9.17, 15) is 4.79 Å². The Hall–Kier alpha value is -1.33. The zero-order chi connectivity index (χ0) is 15.2. The number of allylic oxidation sites excluding steroid dienone is 1. The number of benzene rings is 1. The summed E-state index contributed by atoms with van der Waals surface area (Å²) in [5.74, 6) is 1.18. The number of fused-ring (bicyclic) bond motifs is 1. The lowest BCUT2D eigenvalue weighted by Gasteiger charge is -2.25. The van der Waals surface area contributed by atoms with Crippen LogP contribution in [0.4, 0.5) is 5.69 Å². The second-order valence-corrected chi connectivity index (χ2v) is 5.60. The molecule has 0 spiro atoms. The van der Waals surface area contributed by atoms with Crippen LogP contribution in [0, 0.1) is 0 Å². The first-order valence-corrected chi connectivity index (χ1v) is 8.40. The number of carbonyl (C=O) groups is 1. The van der Waals surface area contributed by atoms with Gasteiger partial charge >= 0.3 is 0 Å². The summed E-state index contributed by atoms with van der Waals surface area (Å²) in [6.07, 6.45) is 3.99. The molecule has 0 bridgehead atoms. The van der Waals surface area contributed by atoms with Crippen LogP contribution in [0.15, 0.2) is 29.2 Å². The molecule has 0 N–H and O–H groups in total. The van der Waals surface area contributed by atoms with Crippen LogP contribution in [0.1, 0.15) is 6.92 Å². The largest absolute Gasteiger partial charge is 0.486 e. The fourth-order valence-electron chi connectivity index (χ4n) is 2.03. The molecule has 0 aromatic heterocycles. The van der Waals surface area contributed by atoms with Crippen LogP contribution in [0.25, 0.3) is 0 Å². The Labute approximate surface area is 134 Å². The fraction of sp³-hybridized carbons (Fsp3) is 0.400. The van der Waals surface area contributed by atoms with Crippen LogP contribution >= 0.6 is 23.4 Å². The normalized spacial score (nSPS) is 14.0. The molecule has 1 aliphatic heterocycles. The number of ether oxygens (including phenoxy) is 2. The summed E-state index contributed by atoms with van der Waals surface area (Å²) in [5, 5.41) is 0. The smallest absolute Gasteiger partial charge is 0.242 e. The molecule has 0 saturated carbocycles. The van der Waals surface area contributed by atoms with Crippen molar-refractivity contribution < 1.29 is 14.3 Å². The van der Waals surface area contributed by atoms with Gasteiger partial charge in [0.1, 0.15) is 19.1 Å². The lowest BCUT2D eigenvalue weighted by atomic mass is 10.2. The number of amides is 1. The topological polar surface area (TPSA) is 38.8 Å². The number of nitrogens with zero attached hydrogens (tertiary/aromatic N) is 1. The van der Waals surface area contributed by atoms with E-state index >= 15 is 0 Å². The van der Waals surface area contributed by atoms with Crippen molar-refractivity contribution in [2.75, 3.05) is 36.8 Å². The van der Waals surface area contributed by atoms with Gasteiger partial charge in [-0.3, -0.25) is 4.79 Å². The van der Waals surface area contributed by atoms with E-state index in [4.69, 9.17) is 21.1 Å². The Morgan fingerprint density at radius 2 is 2.10 bits per heavy atom. The monoisotopic (exact) mass is 327 g/mol. The lowest BCUT2D eigenvalue weighted by molar-refractivity contribution is -0.116. The molecule has 4 nitrogen and oxygen atoms in total. The van der Waals surface area contributed by atoms with Gasteiger partial charge in [-0.1, -0.05) is 6.08 Å². The first kappa shape index (κ1) is 16.0. The Morgan fingerprint density at radius 3 is 2.71 bits per heavy atom. The molecular weight excluding hydrogens is 310 g/mol. The molecule has 0 aliphatic carbocycles. The Balaban J connectivity index is 2.30. The average molecular weight is 328 g/mol. The first-order chi connectivity index (χ1) is 10.2. The van der Waals surface area contributed by atoms with E-state index in [1.807, 2.05) is 37.5 Å². The number of anilines is 1. The third-order valence-corrected chi connectivity index (χ3v) is 4.27.